The first-order valence-corrected chi connectivity index (χ1v) is 11.7. The molecule has 1 unspecified atom stereocenters. The molecule has 2 nitrogen and oxygen atoms in total. The fourth-order valence-corrected chi connectivity index (χ4v) is 3.96. The summed E-state index contributed by atoms with van der Waals surface area (Å²) < 4.78 is 1.00. The molecule has 1 aromatic carbocycles. The maximum Gasteiger partial charge on any atom is 0.102 e. The molecule has 0 saturated heterocycles. The number of aliphatic hydroxyl groups excluding tert-OH is 1. The van der Waals surface area contributed by atoms with Gasteiger partial charge in [0, 0.05) is 6.42 Å². The van der Waals surface area contributed by atoms with E-state index in [0.29, 0.717) is 6.61 Å². The van der Waals surface area contributed by atoms with Gasteiger partial charge in [0.2, 0.25) is 0 Å². The van der Waals surface area contributed by atoms with Crippen LogP contribution < -0.4 is 0 Å². The van der Waals surface area contributed by atoms with E-state index in [4.69, 9.17) is 0 Å². The highest BCUT2D eigenvalue weighted by molar-refractivity contribution is 5.14. The summed E-state index contributed by atoms with van der Waals surface area (Å²) >= 11 is 0. The number of likely N-dealkylation sites (N-methyl/N-ethyl adjacent to an activating group) is 1. The second-order valence-electron chi connectivity index (χ2n) is 8.64. The molecule has 0 aromatic heterocycles. The van der Waals surface area contributed by atoms with Gasteiger partial charge in [0.25, 0.3) is 0 Å². The molecule has 27 heavy (non-hydrogen) atoms. The molecule has 0 spiro atoms. The Hall–Kier alpha value is -0.860. The van der Waals surface area contributed by atoms with Gasteiger partial charge in [-0.1, -0.05) is 101 Å². The van der Waals surface area contributed by atoms with Crippen LogP contribution in [0.25, 0.3) is 0 Å². The molecule has 1 atom stereocenters. The predicted octanol–water partition coefficient (Wildman–Crippen LogP) is 6.37. The Balaban J connectivity index is 2.05. The summed E-state index contributed by atoms with van der Waals surface area (Å²) in [5, 5.41) is 9.47. The first-order chi connectivity index (χ1) is 13.2. The minimum absolute atomic E-state index is 0.295. The molecule has 0 amide bonds. The largest absolute Gasteiger partial charge is 0.391 e. The molecule has 0 saturated carbocycles. The van der Waals surface area contributed by atoms with Crippen molar-refractivity contribution in [1.29, 1.82) is 0 Å². The third-order valence-electron chi connectivity index (χ3n) is 5.97. The van der Waals surface area contributed by atoms with Gasteiger partial charge in [0.15, 0.2) is 0 Å². The van der Waals surface area contributed by atoms with E-state index in [9.17, 15) is 5.11 Å². The molecule has 0 aliphatic carbocycles. The number of nitrogens with zero attached hydrogens (tertiary/aromatic N) is 1. The van der Waals surface area contributed by atoms with Gasteiger partial charge in [-0.25, -0.2) is 0 Å². The quantitative estimate of drug-likeness (QED) is 0.233. The van der Waals surface area contributed by atoms with Crippen LogP contribution in [-0.2, 0) is 6.42 Å². The van der Waals surface area contributed by atoms with Gasteiger partial charge in [-0.15, -0.1) is 0 Å². The lowest BCUT2D eigenvalue weighted by Crippen LogP contribution is -2.48. The van der Waals surface area contributed by atoms with Crippen LogP contribution in [0.5, 0.6) is 0 Å². The van der Waals surface area contributed by atoms with Crippen molar-refractivity contribution in [3.63, 3.8) is 0 Å². The van der Waals surface area contributed by atoms with Gasteiger partial charge in [-0.3, -0.25) is 0 Å². The third-order valence-corrected chi connectivity index (χ3v) is 5.97. The van der Waals surface area contributed by atoms with Gasteiger partial charge in [-0.05, 0) is 18.4 Å². The fourth-order valence-electron chi connectivity index (χ4n) is 3.96. The van der Waals surface area contributed by atoms with Gasteiger partial charge in [0.05, 0.1) is 26.7 Å². The Kier molecular flexibility index (Phi) is 14.4. The average Bonchev–Trinajstić information content (AvgIpc) is 2.68. The van der Waals surface area contributed by atoms with E-state index >= 15 is 0 Å². The van der Waals surface area contributed by atoms with E-state index in [-0.39, 0.29) is 0 Å². The van der Waals surface area contributed by atoms with E-state index in [1.165, 1.54) is 89.2 Å². The van der Waals surface area contributed by atoms with Gasteiger partial charge >= 0.3 is 0 Å². The summed E-state index contributed by atoms with van der Waals surface area (Å²) in [6.45, 7) is 5.79. The van der Waals surface area contributed by atoms with Crippen LogP contribution in [0.15, 0.2) is 30.3 Å². The fraction of sp³-hybridized carbons (Fsp3) is 0.760. The number of hydrogen-bond acceptors (Lipinski definition) is 1. The van der Waals surface area contributed by atoms with Crippen LogP contribution in [0, 0.1) is 0 Å². The highest BCUT2D eigenvalue weighted by Crippen LogP contribution is 2.14. The molecule has 0 radical (unpaired) electrons. The van der Waals surface area contributed by atoms with Crippen molar-refractivity contribution in [3.05, 3.63) is 35.9 Å². The molecule has 1 rings (SSSR count). The number of hydrogen-bond donors (Lipinski definition) is 1. The lowest BCUT2D eigenvalue weighted by molar-refractivity contribution is -0.909. The zero-order valence-electron chi connectivity index (χ0n) is 18.3. The molecule has 1 N–H and O–H groups in total. The highest BCUT2D eigenvalue weighted by atomic mass is 16.3. The topological polar surface area (TPSA) is 20.2 Å². The van der Waals surface area contributed by atoms with E-state index in [0.717, 1.165) is 24.0 Å². The Labute approximate surface area is 169 Å². The summed E-state index contributed by atoms with van der Waals surface area (Å²) in [7, 11) is 2.32. The van der Waals surface area contributed by atoms with Crippen molar-refractivity contribution in [2.24, 2.45) is 0 Å². The molecule has 0 heterocycles. The van der Waals surface area contributed by atoms with Crippen molar-refractivity contribution in [3.8, 4) is 0 Å². The van der Waals surface area contributed by atoms with Crippen LogP contribution in [0.1, 0.15) is 89.5 Å². The van der Waals surface area contributed by atoms with Crippen LogP contribution in [0.2, 0.25) is 0 Å². The summed E-state index contributed by atoms with van der Waals surface area (Å²) in [4.78, 5) is 0. The SMILES string of the molecule is CCCCCCCCCCCCCC[N+](C)(CCO)CCc1ccccc1. The Bertz CT molecular complexity index is 433. The van der Waals surface area contributed by atoms with Crippen molar-refractivity contribution in [1.82, 2.24) is 0 Å². The van der Waals surface area contributed by atoms with Crippen LogP contribution in [0.3, 0.4) is 0 Å². The van der Waals surface area contributed by atoms with Crippen molar-refractivity contribution in [2.75, 3.05) is 33.3 Å². The van der Waals surface area contributed by atoms with Gasteiger partial charge in [-0.2, -0.15) is 0 Å². The highest BCUT2D eigenvalue weighted by Gasteiger charge is 2.20. The number of benzene rings is 1. The van der Waals surface area contributed by atoms with Crippen molar-refractivity contribution < 1.29 is 9.59 Å². The maximum atomic E-state index is 9.47. The van der Waals surface area contributed by atoms with E-state index in [1.807, 2.05) is 0 Å². The molecule has 0 aliphatic heterocycles. The Morgan fingerprint density at radius 1 is 0.667 bits per heavy atom. The lowest BCUT2D eigenvalue weighted by atomic mass is 10.0. The second kappa shape index (κ2) is 16.1. The normalized spacial score (nSPS) is 13.6. The Morgan fingerprint density at radius 2 is 1.19 bits per heavy atom. The average molecular weight is 377 g/mol. The third kappa shape index (κ3) is 13.0. The number of rotatable bonds is 18. The first kappa shape index (κ1) is 24.2. The molecule has 0 aliphatic rings. The summed E-state index contributed by atoms with van der Waals surface area (Å²) in [5.41, 5.74) is 1.41. The molecule has 0 fully saturated rings. The van der Waals surface area contributed by atoms with Crippen molar-refractivity contribution >= 4 is 0 Å². The summed E-state index contributed by atoms with van der Waals surface area (Å²) in [6.07, 6.45) is 17.9. The first-order valence-electron chi connectivity index (χ1n) is 11.7. The maximum absolute atomic E-state index is 9.47. The molecular weight excluding hydrogens is 330 g/mol. The molecular formula is C25H46NO+. The minimum atomic E-state index is 0.295. The standard InChI is InChI=1S/C25H46NO/c1-3-4-5-6-7-8-9-10-11-12-13-17-21-26(2,23-24-27)22-20-25-18-15-14-16-19-25/h14-16,18-19,27H,3-13,17,20-24H2,1-2H3/q+1. The smallest absolute Gasteiger partial charge is 0.102 e. The monoisotopic (exact) mass is 376 g/mol. The summed E-state index contributed by atoms with van der Waals surface area (Å²) in [5.74, 6) is 0. The zero-order chi connectivity index (χ0) is 19.6. The van der Waals surface area contributed by atoms with E-state index in [2.05, 4.69) is 44.3 Å². The van der Waals surface area contributed by atoms with Crippen LogP contribution in [-0.4, -0.2) is 42.9 Å². The molecule has 156 valence electrons. The number of aliphatic hydroxyl groups is 1. The second-order valence-corrected chi connectivity index (χ2v) is 8.64. The summed E-state index contributed by atoms with van der Waals surface area (Å²) in [6, 6.07) is 10.8. The molecule has 0 bridgehead atoms. The number of unbranched alkanes of at least 4 members (excludes halogenated alkanes) is 11. The van der Waals surface area contributed by atoms with Gasteiger partial charge in [0.1, 0.15) is 6.54 Å². The van der Waals surface area contributed by atoms with Gasteiger partial charge < -0.3 is 9.59 Å². The number of quaternary nitrogens is 1. The van der Waals surface area contributed by atoms with E-state index < -0.39 is 0 Å². The minimum Gasteiger partial charge on any atom is -0.391 e. The zero-order valence-corrected chi connectivity index (χ0v) is 18.3. The predicted molar refractivity (Wildman–Crippen MR) is 119 cm³/mol. The lowest BCUT2D eigenvalue weighted by Gasteiger charge is -2.34. The molecule has 2 heteroatoms. The Morgan fingerprint density at radius 3 is 1.70 bits per heavy atom. The van der Waals surface area contributed by atoms with Crippen molar-refractivity contribution in [2.45, 2.75) is 90.4 Å². The van der Waals surface area contributed by atoms with Crippen LogP contribution in [0.4, 0.5) is 0 Å². The van der Waals surface area contributed by atoms with Crippen LogP contribution >= 0.6 is 0 Å². The van der Waals surface area contributed by atoms with E-state index in [1.54, 1.807) is 0 Å². The molecule has 1 aromatic rings.